The summed E-state index contributed by atoms with van der Waals surface area (Å²) < 4.78 is 9.53. The van der Waals surface area contributed by atoms with E-state index < -0.39 is 5.97 Å². The van der Waals surface area contributed by atoms with Crippen molar-refractivity contribution in [2.24, 2.45) is 0 Å². The van der Waals surface area contributed by atoms with Gasteiger partial charge in [0.05, 0.1) is 13.2 Å². The second kappa shape index (κ2) is 6.18. The summed E-state index contributed by atoms with van der Waals surface area (Å²) >= 11 is 0. The molecule has 0 atom stereocenters. The lowest BCUT2D eigenvalue weighted by Crippen LogP contribution is -2.19. The first kappa shape index (κ1) is 12.7. The van der Waals surface area contributed by atoms with Crippen molar-refractivity contribution in [3.05, 3.63) is 11.8 Å². The lowest BCUT2D eigenvalue weighted by molar-refractivity contribution is -0.144. The fraction of sp³-hybridized carbons (Fsp3) is 0.600. The molecule has 0 saturated carbocycles. The number of methoxy groups -OCH3 is 1. The third-order valence-corrected chi connectivity index (χ3v) is 1.42. The molecule has 0 unspecified atom stereocenters. The predicted molar refractivity (Wildman–Crippen MR) is 51.6 cm³/mol. The minimum atomic E-state index is -0.631. The lowest BCUT2D eigenvalue weighted by Gasteiger charge is -2.08. The van der Waals surface area contributed by atoms with E-state index in [0.29, 0.717) is 0 Å². The number of carbonyl (C=O) groups excluding carboxylic acids is 2. The second-order valence-corrected chi connectivity index (χ2v) is 3.00. The van der Waals surface area contributed by atoms with E-state index in [0.717, 1.165) is 6.26 Å². The summed E-state index contributed by atoms with van der Waals surface area (Å²) in [7, 11) is 1.38. The highest BCUT2D eigenvalue weighted by atomic mass is 16.5. The van der Waals surface area contributed by atoms with Gasteiger partial charge < -0.3 is 9.47 Å². The summed E-state index contributed by atoms with van der Waals surface area (Å²) in [5, 5.41) is 0. The maximum Gasteiger partial charge on any atom is 0.345 e. The van der Waals surface area contributed by atoms with E-state index in [1.807, 2.05) is 0 Å². The molecule has 0 aromatic heterocycles. The minimum Gasteiger partial charge on any atom is -0.503 e. The zero-order valence-electron chi connectivity index (χ0n) is 8.99. The number of hydrogen-bond acceptors (Lipinski definition) is 4. The average Bonchev–Trinajstić information content (AvgIpc) is 2.11. The Morgan fingerprint density at radius 3 is 2.29 bits per heavy atom. The molecule has 0 amide bonds. The van der Waals surface area contributed by atoms with Crippen LogP contribution in [0.25, 0.3) is 0 Å². The number of ketones is 1. The molecule has 0 N–H and O–H groups in total. The Morgan fingerprint density at radius 2 is 1.93 bits per heavy atom. The molecule has 0 fully saturated rings. The van der Waals surface area contributed by atoms with Crippen molar-refractivity contribution >= 4 is 11.8 Å². The average molecular weight is 200 g/mol. The normalized spacial score (nSPS) is 11.4. The van der Waals surface area contributed by atoms with Gasteiger partial charge in [-0.2, -0.15) is 0 Å². The SMILES string of the molecule is CCC(=O)/C(=C/OC)C(=O)OC(C)C. The van der Waals surface area contributed by atoms with E-state index in [1.54, 1.807) is 20.8 Å². The zero-order chi connectivity index (χ0) is 11.1. The van der Waals surface area contributed by atoms with Crippen LogP contribution in [0.2, 0.25) is 0 Å². The van der Waals surface area contributed by atoms with Gasteiger partial charge in [-0.05, 0) is 13.8 Å². The predicted octanol–water partition coefficient (Wildman–Crippen LogP) is 1.45. The molecule has 0 aliphatic carbocycles. The molecular weight excluding hydrogens is 184 g/mol. The molecule has 14 heavy (non-hydrogen) atoms. The standard InChI is InChI=1S/C10H16O4/c1-5-9(11)8(6-13-4)10(12)14-7(2)3/h6-7H,5H2,1-4H3/b8-6-. The summed E-state index contributed by atoms with van der Waals surface area (Å²) in [5.74, 6) is -0.911. The number of rotatable bonds is 5. The molecule has 0 heterocycles. The number of hydrogen-bond donors (Lipinski definition) is 0. The maximum absolute atomic E-state index is 11.4. The fourth-order valence-corrected chi connectivity index (χ4v) is 0.814. The number of carbonyl (C=O) groups is 2. The molecule has 0 aliphatic heterocycles. The molecule has 4 nitrogen and oxygen atoms in total. The largest absolute Gasteiger partial charge is 0.503 e. The van der Waals surface area contributed by atoms with Crippen LogP contribution in [0.4, 0.5) is 0 Å². The van der Waals surface area contributed by atoms with Gasteiger partial charge in [0.2, 0.25) is 0 Å². The molecular formula is C10H16O4. The van der Waals surface area contributed by atoms with Gasteiger partial charge in [0.1, 0.15) is 11.8 Å². The van der Waals surface area contributed by atoms with Gasteiger partial charge in [-0.15, -0.1) is 0 Å². The van der Waals surface area contributed by atoms with Crippen molar-refractivity contribution in [1.29, 1.82) is 0 Å². The van der Waals surface area contributed by atoms with Crippen LogP contribution in [0.1, 0.15) is 27.2 Å². The Kier molecular flexibility index (Phi) is 5.60. The lowest BCUT2D eigenvalue weighted by atomic mass is 10.1. The highest BCUT2D eigenvalue weighted by Gasteiger charge is 2.19. The van der Waals surface area contributed by atoms with E-state index in [9.17, 15) is 9.59 Å². The van der Waals surface area contributed by atoms with Crippen molar-refractivity contribution in [1.82, 2.24) is 0 Å². The van der Waals surface area contributed by atoms with Crippen molar-refractivity contribution in [3.8, 4) is 0 Å². The third-order valence-electron chi connectivity index (χ3n) is 1.42. The molecule has 80 valence electrons. The highest BCUT2D eigenvalue weighted by molar-refractivity contribution is 6.16. The zero-order valence-corrected chi connectivity index (χ0v) is 8.99. The monoisotopic (exact) mass is 200 g/mol. The number of Topliss-reactive ketones (excluding diaryl/α,β-unsaturated/α-hetero) is 1. The van der Waals surface area contributed by atoms with E-state index in [-0.39, 0.29) is 23.9 Å². The van der Waals surface area contributed by atoms with E-state index in [4.69, 9.17) is 4.74 Å². The Morgan fingerprint density at radius 1 is 1.36 bits per heavy atom. The third kappa shape index (κ3) is 4.07. The van der Waals surface area contributed by atoms with Gasteiger partial charge in [0.15, 0.2) is 5.78 Å². The molecule has 0 bridgehead atoms. The van der Waals surface area contributed by atoms with Crippen molar-refractivity contribution in [2.75, 3.05) is 7.11 Å². The van der Waals surface area contributed by atoms with Crippen LogP contribution in [0.15, 0.2) is 11.8 Å². The first-order valence-corrected chi connectivity index (χ1v) is 4.50. The summed E-state index contributed by atoms with van der Waals surface area (Å²) in [6, 6.07) is 0. The van der Waals surface area contributed by atoms with Gasteiger partial charge >= 0.3 is 5.97 Å². The Balaban J connectivity index is 4.59. The maximum atomic E-state index is 11.4. The molecule has 0 rings (SSSR count). The molecule has 0 radical (unpaired) electrons. The first-order chi connectivity index (χ1) is 6.52. The molecule has 0 aromatic rings. The molecule has 0 saturated heterocycles. The molecule has 0 aromatic carbocycles. The van der Waals surface area contributed by atoms with E-state index in [2.05, 4.69) is 4.74 Å². The van der Waals surface area contributed by atoms with Crippen LogP contribution >= 0.6 is 0 Å². The quantitative estimate of drug-likeness (QED) is 0.221. The van der Waals surface area contributed by atoms with Crippen molar-refractivity contribution in [2.45, 2.75) is 33.3 Å². The van der Waals surface area contributed by atoms with Crippen LogP contribution in [0.3, 0.4) is 0 Å². The Labute approximate surface area is 83.9 Å². The summed E-state index contributed by atoms with van der Waals surface area (Å²) in [4.78, 5) is 22.6. The highest BCUT2D eigenvalue weighted by Crippen LogP contribution is 2.05. The van der Waals surface area contributed by atoms with Crippen LogP contribution in [-0.4, -0.2) is 25.0 Å². The van der Waals surface area contributed by atoms with E-state index >= 15 is 0 Å². The smallest absolute Gasteiger partial charge is 0.345 e. The second-order valence-electron chi connectivity index (χ2n) is 3.00. The molecule has 0 aliphatic rings. The van der Waals surface area contributed by atoms with E-state index in [1.165, 1.54) is 7.11 Å². The minimum absolute atomic E-state index is 0.0382. The number of ether oxygens (including phenoxy) is 2. The summed E-state index contributed by atoms with van der Waals surface area (Å²) in [5.41, 5.74) is -0.0382. The van der Waals surface area contributed by atoms with Crippen LogP contribution in [-0.2, 0) is 19.1 Å². The van der Waals surface area contributed by atoms with Crippen molar-refractivity contribution in [3.63, 3.8) is 0 Å². The van der Waals surface area contributed by atoms with Crippen molar-refractivity contribution < 1.29 is 19.1 Å². The molecule has 0 spiro atoms. The van der Waals surface area contributed by atoms with Gasteiger partial charge in [-0.1, -0.05) is 6.92 Å². The fourth-order valence-electron chi connectivity index (χ4n) is 0.814. The summed E-state index contributed by atoms with van der Waals surface area (Å²) in [6.07, 6.45) is 1.13. The summed E-state index contributed by atoms with van der Waals surface area (Å²) in [6.45, 7) is 5.12. The van der Waals surface area contributed by atoms with Gasteiger partial charge in [-0.25, -0.2) is 4.79 Å². The van der Waals surface area contributed by atoms with Gasteiger partial charge in [-0.3, -0.25) is 4.79 Å². The number of esters is 1. The van der Waals surface area contributed by atoms with Crippen LogP contribution in [0, 0.1) is 0 Å². The topological polar surface area (TPSA) is 52.6 Å². The van der Waals surface area contributed by atoms with Gasteiger partial charge in [0.25, 0.3) is 0 Å². The molecule has 4 heteroatoms. The Hall–Kier alpha value is -1.32. The Bertz CT molecular complexity index is 241. The first-order valence-electron chi connectivity index (χ1n) is 4.50. The van der Waals surface area contributed by atoms with Gasteiger partial charge in [0, 0.05) is 6.42 Å². The van der Waals surface area contributed by atoms with Crippen LogP contribution in [0.5, 0.6) is 0 Å². The van der Waals surface area contributed by atoms with Crippen LogP contribution < -0.4 is 0 Å².